The number of hydrogen-bond acceptors (Lipinski definition) is 4. The molecule has 1 fully saturated rings. The molecule has 0 radical (unpaired) electrons. The number of nitrogens with zero attached hydrogens (tertiary/aromatic N) is 3. The van der Waals surface area contributed by atoms with Crippen LogP contribution in [0.5, 0.6) is 5.75 Å². The Hall–Kier alpha value is -2.57. The molecule has 2 heterocycles. The average molecular weight is 399 g/mol. The van der Waals surface area contributed by atoms with Crippen molar-refractivity contribution in [3.05, 3.63) is 59.4 Å². The molecule has 7 heteroatoms. The number of para-hydroxylation sites is 2. The lowest BCUT2D eigenvalue weighted by atomic mass is 10.1. The fraction of sp³-hybridized carbons (Fsp3) is 0.333. The maximum atomic E-state index is 12.9. The second-order valence-electron chi connectivity index (χ2n) is 7.08. The Kier molecular flexibility index (Phi) is 5.50. The summed E-state index contributed by atoms with van der Waals surface area (Å²) in [7, 11) is 0. The van der Waals surface area contributed by atoms with Crippen molar-refractivity contribution in [1.82, 2.24) is 14.5 Å². The van der Waals surface area contributed by atoms with Gasteiger partial charge in [0.25, 0.3) is 0 Å². The standard InChI is InChI=1S/C21H23ClN4O2/c22-16-5-7-17(8-6-16)28-14-20-24-18-3-1-2-4-19(18)26(20)13-21(27)25-10-9-15(11-23)12-25/h1-8,15H,9-14,23H2. The summed E-state index contributed by atoms with van der Waals surface area (Å²) in [6, 6.07) is 15.0. The van der Waals surface area contributed by atoms with Crippen molar-refractivity contribution in [1.29, 1.82) is 0 Å². The molecule has 1 amide bonds. The van der Waals surface area contributed by atoms with E-state index in [-0.39, 0.29) is 19.1 Å². The van der Waals surface area contributed by atoms with Gasteiger partial charge in [-0.05, 0) is 55.3 Å². The molecule has 1 aromatic heterocycles. The lowest BCUT2D eigenvalue weighted by molar-refractivity contribution is -0.130. The molecule has 2 aromatic carbocycles. The van der Waals surface area contributed by atoms with Gasteiger partial charge in [0.2, 0.25) is 5.91 Å². The number of halogens is 1. The summed E-state index contributed by atoms with van der Waals surface area (Å²) in [5.41, 5.74) is 7.54. The average Bonchev–Trinajstić information content (AvgIpc) is 3.33. The molecule has 1 unspecified atom stereocenters. The molecule has 4 rings (SSSR count). The Labute approximate surface area is 168 Å². The van der Waals surface area contributed by atoms with Crippen LogP contribution in [0.25, 0.3) is 11.0 Å². The van der Waals surface area contributed by atoms with E-state index in [2.05, 4.69) is 4.98 Å². The summed E-state index contributed by atoms with van der Waals surface area (Å²) in [5, 5.41) is 0.659. The van der Waals surface area contributed by atoms with Gasteiger partial charge in [0.1, 0.15) is 24.7 Å². The van der Waals surface area contributed by atoms with Crippen molar-refractivity contribution in [2.45, 2.75) is 19.6 Å². The molecule has 2 N–H and O–H groups in total. The van der Waals surface area contributed by atoms with Crippen molar-refractivity contribution in [3.8, 4) is 5.75 Å². The number of fused-ring (bicyclic) bond motifs is 1. The number of benzene rings is 2. The minimum Gasteiger partial charge on any atom is -0.486 e. The van der Waals surface area contributed by atoms with Gasteiger partial charge in [0, 0.05) is 18.1 Å². The van der Waals surface area contributed by atoms with Crippen LogP contribution in [0.1, 0.15) is 12.2 Å². The van der Waals surface area contributed by atoms with Crippen molar-refractivity contribution in [2.24, 2.45) is 11.7 Å². The number of hydrogen-bond donors (Lipinski definition) is 1. The highest BCUT2D eigenvalue weighted by atomic mass is 35.5. The molecule has 0 saturated carbocycles. The second-order valence-corrected chi connectivity index (χ2v) is 7.51. The highest BCUT2D eigenvalue weighted by Crippen LogP contribution is 2.21. The number of rotatable bonds is 6. The zero-order valence-corrected chi connectivity index (χ0v) is 16.3. The van der Waals surface area contributed by atoms with Gasteiger partial charge in [0.15, 0.2) is 0 Å². The number of aromatic nitrogens is 2. The van der Waals surface area contributed by atoms with Gasteiger partial charge in [-0.25, -0.2) is 4.98 Å². The van der Waals surface area contributed by atoms with Crippen LogP contribution < -0.4 is 10.5 Å². The minimum atomic E-state index is 0.0897. The SMILES string of the molecule is NCC1CCN(C(=O)Cn2c(COc3ccc(Cl)cc3)nc3ccccc32)C1. The van der Waals surface area contributed by atoms with E-state index in [4.69, 9.17) is 22.1 Å². The molecule has 3 aromatic rings. The van der Waals surface area contributed by atoms with E-state index >= 15 is 0 Å². The molecule has 6 nitrogen and oxygen atoms in total. The topological polar surface area (TPSA) is 73.4 Å². The molecule has 146 valence electrons. The predicted octanol–water partition coefficient (Wildman–Crippen LogP) is 3.08. The summed E-state index contributed by atoms with van der Waals surface area (Å²) in [6.45, 7) is 2.65. The number of carbonyl (C=O) groups excluding carboxylic acids is 1. The molecule has 1 aliphatic rings. The van der Waals surface area contributed by atoms with Crippen LogP contribution in [0.15, 0.2) is 48.5 Å². The zero-order valence-electron chi connectivity index (χ0n) is 15.6. The zero-order chi connectivity index (χ0) is 19.5. The first-order valence-electron chi connectivity index (χ1n) is 9.44. The molecule has 1 aliphatic heterocycles. The second kappa shape index (κ2) is 8.20. The summed E-state index contributed by atoms with van der Waals surface area (Å²) < 4.78 is 7.82. The number of nitrogens with two attached hydrogens (primary N) is 1. The van der Waals surface area contributed by atoms with E-state index in [1.165, 1.54) is 0 Å². The molecule has 1 saturated heterocycles. The van der Waals surface area contributed by atoms with Gasteiger partial charge in [-0.1, -0.05) is 23.7 Å². The summed E-state index contributed by atoms with van der Waals surface area (Å²) in [4.78, 5) is 19.4. The molecular weight excluding hydrogens is 376 g/mol. The summed E-state index contributed by atoms with van der Waals surface area (Å²) >= 11 is 5.93. The van der Waals surface area contributed by atoms with Gasteiger partial charge < -0.3 is 19.9 Å². The maximum absolute atomic E-state index is 12.9. The molecule has 1 atom stereocenters. The number of amides is 1. The fourth-order valence-corrected chi connectivity index (χ4v) is 3.70. The summed E-state index contributed by atoms with van der Waals surface area (Å²) in [5.74, 6) is 1.92. The van der Waals surface area contributed by atoms with Gasteiger partial charge >= 0.3 is 0 Å². The lowest BCUT2D eigenvalue weighted by Gasteiger charge is -2.18. The van der Waals surface area contributed by atoms with E-state index in [0.29, 0.717) is 23.2 Å². The van der Waals surface area contributed by atoms with E-state index in [9.17, 15) is 4.79 Å². The van der Waals surface area contributed by atoms with Crippen LogP contribution in [0.2, 0.25) is 5.02 Å². The first-order valence-corrected chi connectivity index (χ1v) is 9.82. The van der Waals surface area contributed by atoms with Crippen LogP contribution >= 0.6 is 11.6 Å². The highest BCUT2D eigenvalue weighted by Gasteiger charge is 2.26. The van der Waals surface area contributed by atoms with Gasteiger partial charge in [0.05, 0.1) is 11.0 Å². The Balaban J connectivity index is 1.55. The smallest absolute Gasteiger partial charge is 0.242 e. The van der Waals surface area contributed by atoms with Crippen molar-refractivity contribution < 1.29 is 9.53 Å². The Morgan fingerprint density at radius 2 is 2.00 bits per heavy atom. The monoisotopic (exact) mass is 398 g/mol. The largest absolute Gasteiger partial charge is 0.486 e. The quantitative estimate of drug-likeness (QED) is 0.692. The maximum Gasteiger partial charge on any atom is 0.242 e. The van der Waals surface area contributed by atoms with Crippen LogP contribution in [0, 0.1) is 5.92 Å². The Morgan fingerprint density at radius 1 is 1.21 bits per heavy atom. The van der Waals surface area contributed by atoms with Crippen molar-refractivity contribution in [2.75, 3.05) is 19.6 Å². The van der Waals surface area contributed by atoms with E-state index < -0.39 is 0 Å². The Bertz CT molecular complexity index is 970. The first-order chi connectivity index (χ1) is 13.6. The summed E-state index contributed by atoms with van der Waals surface area (Å²) in [6.07, 6.45) is 0.972. The lowest BCUT2D eigenvalue weighted by Crippen LogP contribution is -2.33. The molecule has 0 bridgehead atoms. The minimum absolute atomic E-state index is 0.0897. The number of imidazole rings is 1. The number of likely N-dealkylation sites (tertiary alicyclic amines) is 1. The molecular formula is C21H23ClN4O2. The third-order valence-corrected chi connectivity index (χ3v) is 5.43. The van der Waals surface area contributed by atoms with Crippen LogP contribution in [0.4, 0.5) is 0 Å². The van der Waals surface area contributed by atoms with Crippen molar-refractivity contribution in [3.63, 3.8) is 0 Å². The van der Waals surface area contributed by atoms with E-state index in [0.717, 1.165) is 36.4 Å². The third-order valence-electron chi connectivity index (χ3n) is 5.18. The van der Waals surface area contributed by atoms with E-state index in [1.54, 1.807) is 12.1 Å². The van der Waals surface area contributed by atoms with Gasteiger partial charge in [-0.15, -0.1) is 0 Å². The predicted molar refractivity (Wildman–Crippen MR) is 109 cm³/mol. The first kappa shape index (κ1) is 18.8. The number of ether oxygens (including phenoxy) is 1. The molecule has 28 heavy (non-hydrogen) atoms. The van der Waals surface area contributed by atoms with Crippen molar-refractivity contribution >= 4 is 28.5 Å². The van der Waals surface area contributed by atoms with E-state index in [1.807, 2.05) is 45.9 Å². The van der Waals surface area contributed by atoms with Crippen LogP contribution in [-0.2, 0) is 17.9 Å². The number of carbonyl (C=O) groups is 1. The van der Waals surface area contributed by atoms with Crippen LogP contribution in [-0.4, -0.2) is 40.0 Å². The van der Waals surface area contributed by atoms with Gasteiger partial charge in [-0.3, -0.25) is 4.79 Å². The molecule has 0 aliphatic carbocycles. The van der Waals surface area contributed by atoms with Gasteiger partial charge in [-0.2, -0.15) is 0 Å². The molecule has 0 spiro atoms. The fourth-order valence-electron chi connectivity index (χ4n) is 3.58. The highest BCUT2D eigenvalue weighted by molar-refractivity contribution is 6.30. The Morgan fingerprint density at radius 3 is 2.75 bits per heavy atom. The normalized spacial score (nSPS) is 16.6. The third kappa shape index (κ3) is 3.98. The van der Waals surface area contributed by atoms with Crippen LogP contribution in [0.3, 0.4) is 0 Å².